The van der Waals surface area contributed by atoms with Gasteiger partial charge in [0.25, 0.3) is 0 Å². The minimum Gasteiger partial charge on any atom is -0.334 e. The molecule has 0 bridgehead atoms. The van der Waals surface area contributed by atoms with E-state index < -0.39 is 0 Å². The van der Waals surface area contributed by atoms with E-state index in [0.717, 1.165) is 25.3 Å². The van der Waals surface area contributed by atoms with Gasteiger partial charge in [0.2, 0.25) is 0 Å². The Labute approximate surface area is 85.8 Å². The van der Waals surface area contributed by atoms with Gasteiger partial charge in [0.1, 0.15) is 5.82 Å². The molecular weight excluding hydrogens is 174 g/mol. The maximum Gasteiger partial charge on any atom is 0.122 e. The fourth-order valence-electron chi connectivity index (χ4n) is 1.29. The summed E-state index contributed by atoms with van der Waals surface area (Å²) in [5.74, 6) is 1.10. The predicted molar refractivity (Wildman–Crippen MR) is 59.0 cm³/mol. The molecule has 0 aromatic carbocycles. The average molecular weight is 193 g/mol. The molecular formula is C11H19N3. The summed E-state index contributed by atoms with van der Waals surface area (Å²) in [6.07, 6.45) is 6.91. The highest BCUT2D eigenvalue weighted by molar-refractivity contribution is 4.93. The average Bonchev–Trinajstić information content (AvgIpc) is 2.62. The van der Waals surface area contributed by atoms with Crippen LogP contribution in [0, 0.1) is 0 Å². The van der Waals surface area contributed by atoms with E-state index in [1.165, 1.54) is 0 Å². The second kappa shape index (κ2) is 5.60. The Bertz CT molecular complexity index is 278. The molecule has 1 atom stereocenters. The Balaban J connectivity index is 2.48. The van der Waals surface area contributed by atoms with E-state index in [2.05, 4.69) is 35.3 Å². The van der Waals surface area contributed by atoms with Crippen molar-refractivity contribution in [3.8, 4) is 0 Å². The van der Waals surface area contributed by atoms with Crippen molar-refractivity contribution in [3.05, 3.63) is 30.9 Å². The monoisotopic (exact) mass is 193 g/mol. The van der Waals surface area contributed by atoms with Gasteiger partial charge in [0, 0.05) is 25.0 Å². The first-order valence-electron chi connectivity index (χ1n) is 5.13. The predicted octanol–water partition coefficient (Wildman–Crippen LogP) is 1.96. The molecule has 0 fully saturated rings. The maximum atomic E-state index is 4.31. The standard InChI is InChI=1S/C11H19N3/c1-4-7-14-8-6-12-11(14)9-13-10(3)5-2/h5-6,8,10,13H,2,4,7,9H2,1,3H3. The summed E-state index contributed by atoms with van der Waals surface area (Å²) >= 11 is 0. The van der Waals surface area contributed by atoms with Crippen LogP contribution in [-0.2, 0) is 13.1 Å². The Hall–Kier alpha value is -1.09. The maximum absolute atomic E-state index is 4.31. The fourth-order valence-corrected chi connectivity index (χ4v) is 1.29. The highest BCUT2D eigenvalue weighted by Crippen LogP contribution is 1.99. The third kappa shape index (κ3) is 3.00. The molecule has 14 heavy (non-hydrogen) atoms. The molecule has 0 aliphatic carbocycles. The van der Waals surface area contributed by atoms with Gasteiger partial charge in [-0.25, -0.2) is 4.98 Å². The summed E-state index contributed by atoms with van der Waals surface area (Å²) in [4.78, 5) is 4.31. The van der Waals surface area contributed by atoms with E-state index in [0.29, 0.717) is 6.04 Å². The van der Waals surface area contributed by atoms with E-state index in [1.54, 1.807) is 0 Å². The molecule has 3 nitrogen and oxygen atoms in total. The summed E-state index contributed by atoms with van der Waals surface area (Å²) in [6, 6.07) is 0.335. The second-order valence-electron chi connectivity index (χ2n) is 3.44. The van der Waals surface area contributed by atoms with Crippen molar-refractivity contribution in [2.24, 2.45) is 0 Å². The van der Waals surface area contributed by atoms with Crippen LogP contribution in [0.4, 0.5) is 0 Å². The highest BCUT2D eigenvalue weighted by Gasteiger charge is 2.02. The van der Waals surface area contributed by atoms with Crippen LogP contribution in [0.15, 0.2) is 25.0 Å². The van der Waals surface area contributed by atoms with Gasteiger partial charge in [-0.3, -0.25) is 0 Å². The number of imidazole rings is 1. The zero-order chi connectivity index (χ0) is 10.4. The van der Waals surface area contributed by atoms with Crippen LogP contribution in [0.2, 0.25) is 0 Å². The Morgan fingerprint density at radius 2 is 2.50 bits per heavy atom. The highest BCUT2D eigenvalue weighted by atomic mass is 15.1. The quantitative estimate of drug-likeness (QED) is 0.700. The van der Waals surface area contributed by atoms with Gasteiger partial charge in [0.05, 0.1) is 6.54 Å². The molecule has 0 saturated heterocycles. The van der Waals surface area contributed by atoms with Crippen molar-refractivity contribution in [1.82, 2.24) is 14.9 Å². The van der Waals surface area contributed by atoms with Crippen molar-refractivity contribution in [2.45, 2.75) is 39.4 Å². The van der Waals surface area contributed by atoms with Crippen molar-refractivity contribution in [1.29, 1.82) is 0 Å². The fraction of sp³-hybridized carbons (Fsp3) is 0.545. The van der Waals surface area contributed by atoms with Crippen LogP contribution >= 0.6 is 0 Å². The summed E-state index contributed by atoms with van der Waals surface area (Å²) in [5.41, 5.74) is 0. The number of aromatic nitrogens is 2. The van der Waals surface area contributed by atoms with Crippen LogP contribution in [0.3, 0.4) is 0 Å². The van der Waals surface area contributed by atoms with Gasteiger partial charge in [-0.15, -0.1) is 6.58 Å². The van der Waals surface area contributed by atoms with Crippen molar-refractivity contribution in [3.63, 3.8) is 0 Å². The molecule has 3 heteroatoms. The molecule has 0 radical (unpaired) electrons. The zero-order valence-corrected chi connectivity index (χ0v) is 9.03. The van der Waals surface area contributed by atoms with Crippen LogP contribution < -0.4 is 5.32 Å². The summed E-state index contributed by atoms with van der Waals surface area (Å²) < 4.78 is 2.18. The van der Waals surface area contributed by atoms with Gasteiger partial charge in [-0.2, -0.15) is 0 Å². The first-order chi connectivity index (χ1) is 6.77. The van der Waals surface area contributed by atoms with E-state index in [-0.39, 0.29) is 0 Å². The lowest BCUT2D eigenvalue weighted by Gasteiger charge is -2.10. The van der Waals surface area contributed by atoms with E-state index in [1.807, 2.05) is 18.5 Å². The van der Waals surface area contributed by atoms with Crippen LogP contribution in [-0.4, -0.2) is 15.6 Å². The number of hydrogen-bond acceptors (Lipinski definition) is 2. The van der Waals surface area contributed by atoms with E-state index in [9.17, 15) is 0 Å². The van der Waals surface area contributed by atoms with Crippen molar-refractivity contribution >= 4 is 0 Å². The lowest BCUT2D eigenvalue weighted by Crippen LogP contribution is -2.24. The molecule has 0 saturated carbocycles. The van der Waals surface area contributed by atoms with Gasteiger partial charge in [-0.1, -0.05) is 13.0 Å². The smallest absolute Gasteiger partial charge is 0.122 e. The lowest BCUT2D eigenvalue weighted by atomic mass is 10.3. The molecule has 1 N–H and O–H groups in total. The molecule has 1 unspecified atom stereocenters. The minimum atomic E-state index is 0.335. The first kappa shape index (κ1) is 11.0. The van der Waals surface area contributed by atoms with Crippen molar-refractivity contribution < 1.29 is 0 Å². The number of nitrogens with one attached hydrogen (secondary N) is 1. The third-order valence-electron chi connectivity index (χ3n) is 2.20. The normalized spacial score (nSPS) is 12.7. The number of aryl methyl sites for hydroxylation is 1. The Morgan fingerprint density at radius 3 is 3.14 bits per heavy atom. The molecule has 0 aliphatic heterocycles. The second-order valence-corrected chi connectivity index (χ2v) is 3.44. The first-order valence-corrected chi connectivity index (χ1v) is 5.13. The number of hydrogen-bond donors (Lipinski definition) is 1. The Kier molecular flexibility index (Phi) is 4.40. The van der Waals surface area contributed by atoms with Crippen molar-refractivity contribution in [2.75, 3.05) is 0 Å². The zero-order valence-electron chi connectivity index (χ0n) is 9.03. The largest absolute Gasteiger partial charge is 0.334 e. The molecule has 0 spiro atoms. The van der Waals surface area contributed by atoms with Gasteiger partial charge < -0.3 is 9.88 Å². The lowest BCUT2D eigenvalue weighted by molar-refractivity contribution is 0.566. The SMILES string of the molecule is C=CC(C)NCc1nccn1CCC. The van der Waals surface area contributed by atoms with Crippen LogP contribution in [0.5, 0.6) is 0 Å². The molecule has 0 amide bonds. The number of nitrogens with zero attached hydrogens (tertiary/aromatic N) is 2. The van der Waals surface area contributed by atoms with Gasteiger partial charge in [0.15, 0.2) is 0 Å². The molecule has 0 aliphatic rings. The van der Waals surface area contributed by atoms with Crippen LogP contribution in [0.25, 0.3) is 0 Å². The Morgan fingerprint density at radius 1 is 1.71 bits per heavy atom. The van der Waals surface area contributed by atoms with Crippen LogP contribution in [0.1, 0.15) is 26.1 Å². The molecule has 1 heterocycles. The molecule has 78 valence electrons. The molecule has 1 aromatic rings. The topological polar surface area (TPSA) is 29.9 Å². The number of rotatable bonds is 6. The molecule has 1 rings (SSSR count). The van der Waals surface area contributed by atoms with Gasteiger partial charge in [-0.05, 0) is 13.3 Å². The third-order valence-corrected chi connectivity index (χ3v) is 2.20. The van der Waals surface area contributed by atoms with Gasteiger partial charge >= 0.3 is 0 Å². The summed E-state index contributed by atoms with van der Waals surface area (Å²) in [5, 5.41) is 3.33. The summed E-state index contributed by atoms with van der Waals surface area (Å²) in [6.45, 7) is 9.83. The van der Waals surface area contributed by atoms with E-state index in [4.69, 9.17) is 0 Å². The summed E-state index contributed by atoms with van der Waals surface area (Å²) in [7, 11) is 0. The van der Waals surface area contributed by atoms with E-state index >= 15 is 0 Å². The minimum absolute atomic E-state index is 0.335. The molecule has 1 aromatic heterocycles.